The van der Waals surface area contributed by atoms with Gasteiger partial charge in [0.15, 0.2) is 12.2 Å². The van der Waals surface area contributed by atoms with Crippen molar-refractivity contribution in [2.45, 2.75) is 25.0 Å². The van der Waals surface area contributed by atoms with Gasteiger partial charge in [0.25, 0.3) is 0 Å². The number of likely N-dealkylation sites (tertiary alicyclic amines) is 1. The SMILES string of the molecule is O=C(OCc1ccccc1)N1CCC2(CC1)OC=Nc1ncccc12. The molecule has 2 aliphatic heterocycles. The summed E-state index contributed by atoms with van der Waals surface area (Å²) in [5, 5.41) is 0. The van der Waals surface area contributed by atoms with E-state index in [1.54, 1.807) is 11.1 Å². The lowest BCUT2D eigenvalue weighted by Crippen LogP contribution is -2.47. The Bertz CT molecular complexity index is 784. The van der Waals surface area contributed by atoms with Gasteiger partial charge in [-0.3, -0.25) is 0 Å². The van der Waals surface area contributed by atoms with Crippen LogP contribution in [0.15, 0.2) is 53.7 Å². The number of pyridine rings is 1. The van der Waals surface area contributed by atoms with Crippen molar-refractivity contribution in [3.8, 4) is 0 Å². The number of piperidine rings is 1. The van der Waals surface area contributed by atoms with E-state index in [9.17, 15) is 4.79 Å². The summed E-state index contributed by atoms with van der Waals surface area (Å²) in [6, 6.07) is 13.6. The highest BCUT2D eigenvalue weighted by atomic mass is 16.6. The van der Waals surface area contributed by atoms with Crippen LogP contribution in [0.25, 0.3) is 0 Å². The Kier molecular flexibility index (Phi) is 4.09. The van der Waals surface area contributed by atoms with Crippen LogP contribution in [0.2, 0.25) is 0 Å². The van der Waals surface area contributed by atoms with Gasteiger partial charge < -0.3 is 14.4 Å². The lowest BCUT2D eigenvalue weighted by Gasteiger charge is -2.41. The number of rotatable bonds is 2. The molecule has 0 aliphatic carbocycles. The molecular weight excluding hydrogens is 318 g/mol. The molecule has 0 atom stereocenters. The van der Waals surface area contributed by atoms with Crippen LogP contribution < -0.4 is 0 Å². The van der Waals surface area contributed by atoms with Gasteiger partial charge in [-0.05, 0) is 17.7 Å². The number of ether oxygens (including phenoxy) is 2. The Hall–Kier alpha value is -2.89. The average Bonchev–Trinajstić information content (AvgIpc) is 2.68. The fraction of sp³-hybridized carbons (Fsp3) is 0.316. The molecule has 2 aromatic rings. The van der Waals surface area contributed by atoms with Crippen LogP contribution in [0.1, 0.15) is 24.0 Å². The van der Waals surface area contributed by atoms with Crippen LogP contribution in [0, 0.1) is 0 Å². The number of aliphatic imine (C=N–C) groups is 1. The molecule has 3 heterocycles. The van der Waals surface area contributed by atoms with E-state index in [1.165, 1.54) is 6.40 Å². The lowest BCUT2D eigenvalue weighted by atomic mass is 9.84. The van der Waals surface area contributed by atoms with Crippen molar-refractivity contribution in [3.05, 3.63) is 59.8 Å². The van der Waals surface area contributed by atoms with Gasteiger partial charge in [-0.2, -0.15) is 0 Å². The van der Waals surface area contributed by atoms with Gasteiger partial charge in [0.05, 0.1) is 0 Å². The third kappa shape index (κ3) is 3.07. The van der Waals surface area contributed by atoms with Crippen molar-refractivity contribution in [3.63, 3.8) is 0 Å². The summed E-state index contributed by atoms with van der Waals surface area (Å²) in [7, 11) is 0. The summed E-state index contributed by atoms with van der Waals surface area (Å²) in [5.41, 5.74) is 1.53. The first-order chi connectivity index (χ1) is 12.3. The summed E-state index contributed by atoms with van der Waals surface area (Å²) >= 11 is 0. The molecule has 0 N–H and O–H groups in total. The second-order valence-electron chi connectivity index (χ2n) is 6.25. The van der Waals surface area contributed by atoms with Crippen LogP contribution in [-0.2, 0) is 21.7 Å². The zero-order valence-electron chi connectivity index (χ0n) is 13.8. The third-order valence-electron chi connectivity index (χ3n) is 4.77. The highest BCUT2D eigenvalue weighted by Crippen LogP contribution is 2.42. The summed E-state index contributed by atoms with van der Waals surface area (Å²) < 4.78 is 11.3. The molecule has 25 heavy (non-hydrogen) atoms. The second kappa shape index (κ2) is 6.55. The normalized spacial score (nSPS) is 17.7. The minimum atomic E-state index is -0.443. The minimum Gasteiger partial charge on any atom is -0.472 e. The monoisotopic (exact) mass is 337 g/mol. The Morgan fingerprint density at radius 2 is 1.96 bits per heavy atom. The first-order valence-corrected chi connectivity index (χ1v) is 8.38. The highest BCUT2D eigenvalue weighted by Gasteiger charge is 2.42. The molecule has 1 aromatic heterocycles. The predicted octanol–water partition coefficient (Wildman–Crippen LogP) is 3.40. The standard InChI is InChI=1S/C19H19N3O3/c23-18(24-13-15-5-2-1-3-6-15)22-11-8-19(9-12-22)16-7-4-10-20-17(16)21-14-25-19/h1-7,10,14H,8-9,11-13H2. The fourth-order valence-corrected chi connectivity index (χ4v) is 3.34. The molecule has 1 amide bonds. The number of carbonyl (C=O) groups excluding carboxylic acids is 1. The summed E-state index contributed by atoms with van der Waals surface area (Å²) in [6.45, 7) is 1.45. The average molecular weight is 337 g/mol. The number of benzene rings is 1. The lowest BCUT2D eigenvalue weighted by molar-refractivity contribution is -0.0113. The number of nitrogens with zero attached hydrogens (tertiary/aromatic N) is 3. The maximum Gasteiger partial charge on any atom is 0.410 e. The molecule has 0 radical (unpaired) electrons. The highest BCUT2D eigenvalue weighted by molar-refractivity contribution is 5.68. The maximum atomic E-state index is 12.3. The number of fused-ring (bicyclic) bond motifs is 2. The zero-order chi connectivity index (χ0) is 17.1. The summed E-state index contributed by atoms with van der Waals surface area (Å²) in [5.74, 6) is 0.703. The Balaban J connectivity index is 1.38. The van der Waals surface area contributed by atoms with Crippen LogP contribution >= 0.6 is 0 Å². The Morgan fingerprint density at radius 1 is 1.16 bits per heavy atom. The van der Waals surface area contributed by atoms with Gasteiger partial charge in [-0.15, -0.1) is 0 Å². The largest absolute Gasteiger partial charge is 0.472 e. The molecule has 1 saturated heterocycles. The number of hydrogen-bond acceptors (Lipinski definition) is 5. The van der Waals surface area contributed by atoms with Gasteiger partial charge in [-0.25, -0.2) is 14.8 Å². The van der Waals surface area contributed by atoms with Crippen molar-refractivity contribution in [1.82, 2.24) is 9.88 Å². The smallest absolute Gasteiger partial charge is 0.410 e. The maximum absolute atomic E-state index is 12.3. The first kappa shape index (κ1) is 15.6. The Morgan fingerprint density at radius 3 is 2.76 bits per heavy atom. The predicted molar refractivity (Wildman–Crippen MR) is 92.6 cm³/mol. The van der Waals surface area contributed by atoms with Gasteiger partial charge in [0, 0.05) is 37.7 Å². The quantitative estimate of drug-likeness (QED) is 0.842. The Labute approximate surface area is 146 Å². The van der Waals surface area contributed by atoms with E-state index in [4.69, 9.17) is 9.47 Å². The van der Waals surface area contributed by atoms with Crippen molar-refractivity contribution in [2.24, 2.45) is 4.99 Å². The van der Waals surface area contributed by atoms with E-state index >= 15 is 0 Å². The fourth-order valence-electron chi connectivity index (χ4n) is 3.34. The van der Waals surface area contributed by atoms with Crippen molar-refractivity contribution in [2.75, 3.05) is 13.1 Å². The molecule has 0 saturated carbocycles. The summed E-state index contributed by atoms with van der Waals surface area (Å²) in [4.78, 5) is 22.5. The molecule has 6 heteroatoms. The van der Waals surface area contributed by atoms with Gasteiger partial charge in [0.2, 0.25) is 0 Å². The molecule has 1 fully saturated rings. The minimum absolute atomic E-state index is 0.283. The van der Waals surface area contributed by atoms with Gasteiger partial charge >= 0.3 is 6.09 Å². The number of aromatic nitrogens is 1. The van der Waals surface area contributed by atoms with Crippen molar-refractivity contribution in [1.29, 1.82) is 0 Å². The molecule has 4 rings (SSSR count). The van der Waals surface area contributed by atoms with E-state index in [-0.39, 0.29) is 12.7 Å². The number of hydrogen-bond donors (Lipinski definition) is 0. The molecule has 6 nitrogen and oxygen atoms in total. The molecule has 1 aromatic carbocycles. The van der Waals surface area contributed by atoms with E-state index in [1.807, 2.05) is 42.5 Å². The van der Waals surface area contributed by atoms with Crippen LogP contribution in [0.3, 0.4) is 0 Å². The van der Waals surface area contributed by atoms with Crippen molar-refractivity contribution < 1.29 is 14.3 Å². The zero-order valence-corrected chi connectivity index (χ0v) is 13.8. The van der Waals surface area contributed by atoms with E-state index in [2.05, 4.69) is 9.98 Å². The molecule has 0 bridgehead atoms. The molecular formula is C19H19N3O3. The van der Waals surface area contributed by atoms with Crippen LogP contribution in [-0.4, -0.2) is 35.5 Å². The third-order valence-corrected chi connectivity index (χ3v) is 4.77. The van der Waals surface area contributed by atoms with E-state index < -0.39 is 5.60 Å². The topological polar surface area (TPSA) is 64.0 Å². The van der Waals surface area contributed by atoms with Crippen LogP contribution in [0.4, 0.5) is 10.6 Å². The van der Waals surface area contributed by atoms with E-state index in [0.717, 1.165) is 11.1 Å². The van der Waals surface area contributed by atoms with Crippen LogP contribution in [0.5, 0.6) is 0 Å². The van der Waals surface area contributed by atoms with Gasteiger partial charge in [0.1, 0.15) is 12.2 Å². The molecule has 1 spiro atoms. The van der Waals surface area contributed by atoms with E-state index in [0.29, 0.717) is 31.7 Å². The molecule has 128 valence electrons. The molecule has 2 aliphatic rings. The number of carbonyl (C=O) groups is 1. The number of amides is 1. The van der Waals surface area contributed by atoms with Crippen molar-refractivity contribution >= 4 is 18.3 Å². The van der Waals surface area contributed by atoms with Gasteiger partial charge in [-0.1, -0.05) is 30.3 Å². The summed E-state index contributed by atoms with van der Waals surface area (Å²) in [6.07, 6.45) is 4.30. The first-order valence-electron chi connectivity index (χ1n) is 8.38. The second-order valence-corrected chi connectivity index (χ2v) is 6.25. The molecule has 0 unspecified atom stereocenters.